The van der Waals surface area contributed by atoms with E-state index < -0.39 is 0 Å². The first-order valence-corrected chi connectivity index (χ1v) is 8.95. The van der Waals surface area contributed by atoms with Gasteiger partial charge in [0.25, 0.3) is 0 Å². The summed E-state index contributed by atoms with van der Waals surface area (Å²) in [5.74, 6) is 0. The van der Waals surface area contributed by atoms with Gasteiger partial charge in [0, 0.05) is 34.4 Å². The minimum atomic E-state index is -0.0379. The van der Waals surface area contributed by atoms with Crippen molar-refractivity contribution in [2.75, 3.05) is 32.3 Å². The molecule has 17 heavy (non-hydrogen) atoms. The SMILES string of the molecule is CCCCCCP(N(CC)CC)N(CC)CC. The van der Waals surface area contributed by atoms with Crippen molar-refractivity contribution in [2.24, 2.45) is 0 Å². The highest BCUT2D eigenvalue weighted by atomic mass is 31.1. The quantitative estimate of drug-likeness (QED) is 0.397. The summed E-state index contributed by atoms with van der Waals surface area (Å²) in [5, 5.41) is 0. The van der Waals surface area contributed by atoms with E-state index in [1.165, 1.54) is 58.0 Å². The number of hydrogen-bond donors (Lipinski definition) is 0. The van der Waals surface area contributed by atoms with Crippen LogP contribution in [0.3, 0.4) is 0 Å². The van der Waals surface area contributed by atoms with Crippen molar-refractivity contribution >= 4 is 8.22 Å². The molecular formula is C14H33N2P. The second-order valence-electron chi connectivity index (χ2n) is 4.43. The van der Waals surface area contributed by atoms with Crippen LogP contribution in [0.25, 0.3) is 0 Å². The van der Waals surface area contributed by atoms with Crippen molar-refractivity contribution in [3.8, 4) is 0 Å². The topological polar surface area (TPSA) is 6.48 Å². The van der Waals surface area contributed by atoms with Crippen LogP contribution >= 0.6 is 8.22 Å². The van der Waals surface area contributed by atoms with Gasteiger partial charge in [-0.25, -0.2) is 0 Å². The molecule has 0 aromatic heterocycles. The molecule has 0 bridgehead atoms. The van der Waals surface area contributed by atoms with E-state index in [1.807, 2.05) is 0 Å². The monoisotopic (exact) mass is 260 g/mol. The lowest BCUT2D eigenvalue weighted by Gasteiger charge is -2.37. The molecule has 0 fully saturated rings. The summed E-state index contributed by atoms with van der Waals surface area (Å²) in [4.78, 5) is 0. The molecule has 104 valence electrons. The lowest BCUT2D eigenvalue weighted by molar-refractivity contribution is 0.421. The third-order valence-electron chi connectivity index (χ3n) is 3.32. The fourth-order valence-corrected chi connectivity index (χ4v) is 4.98. The van der Waals surface area contributed by atoms with Gasteiger partial charge in [-0.2, -0.15) is 0 Å². The maximum absolute atomic E-state index is 2.67. The van der Waals surface area contributed by atoms with Gasteiger partial charge in [-0.05, 0) is 12.6 Å². The molecule has 0 unspecified atom stereocenters. The van der Waals surface area contributed by atoms with Crippen molar-refractivity contribution in [1.82, 2.24) is 9.34 Å². The van der Waals surface area contributed by atoms with Gasteiger partial charge in [-0.1, -0.05) is 53.9 Å². The van der Waals surface area contributed by atoms with Crippen molar-refractivity contribution in [3.05, 3.63) is 0 Å². The molecule has 0 N–H and O–H groups in total. The standard InChI is InChI=1S/C14H33N2P/c1-6-11-12-13-14-17(15(7-2)8-3)16(9-4)10-5/h6-14H2,1-5H3. The zero-order chi connectivity index (χ0) is 13.1. The Kier molecular flexibility index (Phi) is 11.7. The lowest BCUT2D eigenvalue weighted by atomic mass is 10.2. The molecule has 0 aliphatic rings. The second-order valence-corrected chi connectivity index (χ2v) is 6.76. The van der Waals surface area contributed by atoms with Gasteiger partial charge in [0.05, 0.1) is 0 Å². The van der Waals surface area contributed by atoms with Crippen LogP contribution in [0.15, 0.2) is 0 Å². The largest absolute Gasteiger partial charge is 0.270 e. The van der Waals surface area contributed by atoms with E-state index in [-0.39, 0.29) is 8.22 Å². The van der Waals surface area contributed by atoms with Crippen molar-refractivity contribution in [2.45, 2.75) is 60.3 Å². The molecule has 0 aromatic rings. The normalized spacial score (nSPS) is 12.0. The van der Waals surface area contributed by atoms with E-state index in [9.17, 15) is 0 Å². The lowest BCUT2D eigenvalue weighted by Crippen LogP contribution is -2.30. The first kappa shape index (κ1) is 17.4. The Hall–Kier alpha value is 0.350. The Morgan fingerprint density at radius 2 is 1.12 bits per heavy atom. The van der Waals surface area contributed by atoms with Gasteiger partial charge in [0.2, 0.25) is 0 Å². The molecule has 0 rings (SSSR count). The van der Waals surface area contributed by atoms with Gasteiger partial charge >= 0.3 is 0 Å². The molecule has 3 heteroatoms. The van der Waals surface area contributed by atoms with E-state index in [2.05, 4.69) is 44.0 Å². The smallest absolute Gasteiger partial charge is 0.0394 e. The number of rotatable bonds is 11. The van der Waals surface area contributed by atoms with E-state index in [0.717, 1.165) is 0 Å². The molecule has 2 nitrogen and oxygen atoms in total. The Morgan fingerprint density at radius 3 is 1.47 bits per heavy atom. The Labute approximate surface area is 111 Å². The molecule has 0 spiro atoms. The zero-order valence-corrected chi connectivity index (χ0v) is 13.6. The second kappa shape index (κ2) is 11.4. The molecule has 0 atom stereocenters. The van der Waals surface area contributed by atoms with Crippen LogP contribution in [-0.2, 0) is 0 Å². The minimum Gasteiger partial charge on any atom is -0.270 e. The maximum Gasteiger partial charge on any atom is 0.0394 e. The Balaban J connectivity index is 4.27. The van der Waals surface area contributed by atoms with Crippen LogP contribution in [0.1, 0.15) is 60.3 Å². The average Bonchev–Trinajstić information content (AvgIpc) is 2.36. The van der Waals surface area contributed by atoms with Crippen LogP contribution in [0.2, 0.25) is 0 Å². The van der Waals surface area contributed by atoms with E-state index >= 15 is 0 Å². The average molecular weight is 260 g/mol. The maximum atomic E-state index is 2.67. The first-order valence-electron chi connectivity index (χ1n) is 7.52. The summed E-state index contributed by atoms with van der Waals surface area (Å²) in [6, 6.07) is 0. The molecule has 0 saturated heterocycles. The van der Waals surface area contributed by atoms with Crippen LogP contribution in [0.5, 0.6) is 0 Å². The van der Waals surface area contributed by atoms with E-state index in [4.69, 9.17) is 0 Å². The molecule has 0 saturated carbocycles. The molecule has 0 radical (unpaired) electrons. The predicted molar refractivity (Wildman–Crippen MR) is 81.8 cm³/mol. The van der Waals surface area contributed by atoms with Crippen LogP contribution in [0.4, 0.5) is 0 Å². The van der Waals surface area contributed by atoms with Gasteiger partial charge in [-0.3, -0.25) is 9.34 Å². The molecule has 0 heterocycles. The van der Waals surface area contributed by atoms with E-state index in [0.29, 0.717) is 0 Å². The van der Waals surface area contributed by atoms with E-state index in [1.54, 1.807) is 0 Å². The predicted octanol–water partition coefficient (Wildman–Crippen LogP) is 4.56. The van der Waals surface area contributed by atoms with Crippen LogP contribution in [-0.4, -0.2) is 41.7 Å². The fourth-order valence-electron chi connectivity index (χ4n) is 2.24. The minimum absolute atomic E-state index is 0.0379. The summed E-state index contributed by atoms with van der Waals surface area (Å²) >= 11 is 0. The molecule has 0 aliphatic heterocycles. The molecule has 0 aliphatic carbocycles. The Morgan fingerprint density at radius 1 is 0.647 bits per heavy atom. The highest BCUT2D eigenvalue weighted by Crippen LogP contribution is 2.44. The molecule has 0 amide bonds. The van der Waals surface area contributed by atoms with Gasteiger partial charge in [-0.15, -0.1) is 0 Å². The zero-order valence-electron chi connectivity index (χ0n) is 12.7. The summed E-state index contributed by atoms with van der Waals surface area (Å²) in [6.07, 6.45) is 6.97. The highest BCUT2D eigenvalue weighted by Gasteiger charge is 2.20. The Bertz CT molecular complexity index is 144. The summed E-state index contributed by atoms with van der Waals surface area (Å²) in [5.41, 5.74) is 0. The van der Waals surface area contributed by atoms with Crippen LogP contribution < -0.4 is 0 Å². The highest BCUT2D eigenvalue weighted by molar-refractivity contribution is 7.52. The van der Waals surface area contributed by atoms with Crippen molar-refractivity contribution in [3.63, 3.8) is 0 Å². The molecular weight excluding hydrogens is 227 g/mol. The number of hydrogen-bond acceptors (Lipinski definition) is 2. The van der Waals surface area contributed by atoms with Crippen molar-refractivity contribution < 1.29 is 0 Å². The first-order chi connectivity index (χ1) is 8.24. The van der Waals surface area contributed by atoms with Gasteiger partial charge < -0.3 is 0 Å². The van der Waals surface area contributed by atoms with Crippen LogP contribution in [0, 0.1) is 0 Å². The number of unbranched alkanes of at least 4 members (excludes halogenated alkanes) is 3. The molecule has 0 aromatic carbocycles. The number of nitrogens with zero attached hydrogens (tertiary/aromatic N) is 2. The third-order valence-corrected chi connectivity index (χ3v) is 6.48. The summed E-state index contributed by atoms with van der Waals surface area (Å²) < 4.78 is 5.35. The fraction of sp³-hybridized carbons (Fsp3) is 1.00. The van der Waals surface area contributed by atoms with Gasteiger partial charge in [0.1, 0.15) is 0 Å². The summed E-state index contributed by atoms with van der Waals surface area (Å²) in [7, 11) is -0.0379. The van der Waals surface area contributed by atoms with Crippen molar-refractivity contribution in [1.29, 1.82) is 0 Å². The third kappa shape index (κ3) is 6.74. The van der Waals surface area contributed by atoms with Gasteiger partial charge in [0.15, 0.2) is 0 Å². The summed E-state index contributed by atoms with van der Waals surface area (Å²) in [6.45, 7) is 16.3.